The van der Waals surface area contributed by atoms with Crippen molar-refractivity contribution in [1.29, 1.82) is 0 Å². The van der Waals surface area contributed by atoms with Crippen LogP contribution in [0.25, 0.3) is 0 Å². The van der Waals surface area contributed by atoms with E-state index in [9.17, 15) is 9.59 Å². The molecule has 0 bridgehead atoms. The van der Waals surface area contributed by atoms with Gasteiger partial charge in [0, 0.05) is 27.2 Å². The van der Waals surface area contributed by atoms with E-state index in [1.54, 1.807) is 17.8 Å². The number of rotatable bonds is 6. The predicted molar refractivity (Wildman–Crippen MR) is 98.1 cm³/mol. The molecule has 0 radical (unpaired) electrons. The maximum atomic E-state index is 11.9. The van der Waals surface area contributed by atoms with Gasteiger partial charge in [-0.25, -0.2) is 0 Å². The van der Waals surface area contributed by atoms with Gasteiger partial charge >= 0.3 is 0 Å². The highest BCUT2D eigenvalue weighted by atomic mass is 79.9. The average Bonchev–Trinajstić information content (AvgIpc) is 2.49. The molecule has 0 fully saturated rings. The van der Waals surface area contributed by atoms with Crippen molar-refractivity contribution in [1.82, 2.24) is 0 Å². The Hall–Kier alpha value is -1.50. The van der Waals surface area contributed by atoms with Crippen LogP contribution in [0.3, 0.4) is 0 Å². The zero-order valence-electron chi connectivity index (χ0n) is 12.0. The van der Waals surface area contributed by atoms with E-state index in [-0.39, 0.29) is 16.5 Å². The molecule has 23 heavy (non-hydrogen) atoms. The Kier molecular flexibility index (Phi) is 6.50. The molecular weight excluding hydrogens is 400 g/mol. The molecule has 0 aliphatic carbocycles. The van der Waals surface area contributed by atoms with Gasteiger partial charge in [0.1, 0.15) is 0 Å². The number of thioether (sulfide) groups is 1. The second-order valence-corrected chi connectivity index (χ2v) is 7.03. The Morgan fingerprint density at radius 3 is 2.61 bits per heavy atom. The van der Waals surface area contributed by atoms with Gasteiger partial charge in [-0.15, -0.1) is 11.8 Å². The minimum absolute atomic E-state index is 0.118. The number of benzene rings is 2. The Balaban J connectivity index is 1.86. The highest BCUT2D eigenvalue weighted by molar-refractivity contribution is 9.10. The average molecular weight is 414 g/mol. The first-order valence-electron chi connectivity index (χ1n) is 6.74. The van der Waals surface area contributed by atoms with Crippen molar-refractivity contribution in [2.75, 3.05) is 11.1 Å². The fourth-order valence-corrected chi connectivity index (χ4v) is 3.62. The van der Waals surface area contributed by atoms with Crippen LogP contribution in [-0.4, -0.2) is 17.6 Å². The van der Waals surface area contributed by atoms with Crippen LogP contribution in [0.1, 0.15) is 16.8 Å². The highest BCUT2D eigenvalue weighted by Gasteiger charge is 2.09. The minimum atomic E-state index is -0.599. The normalized spacial score (nSPS) is 10.3. The molecule has 7 heteroatoms. The van der Waals surface area contributed by atoms with Crippen LogP contribution in [0.5, 0.6) is 0 Å². The van der Waals surface area contributed by atoms with Gasteiger partial charge in [-0.05, 0) is 46.3 Å². The maximum Gasteiger partial charge on any atom is 0.250 e. The smallest absolute Gasteiger partial charge is 0.250 e. The minimum Gasteiger partial charge on any atom is -0.366 e. The number of anilines is 1. The summed E-state index contributed by atoms with van der Waals surface area (Å²) in [7, 11) is 0. The van der Waals surface area contributed by atoms with E-state index < -0.39 is 5.91 Å². The number of hydrogen-bond donors (Lipinski definition) is 2. The molecule has 2 amide bonds. The first-order valence-corrected chi connectivity index (χ1v) is 8.89. The van der Waals surface area contributed by atoms with Crippen molar-refractivity contribution in [3.05, 3.63) is 57.5 Å². The van der Waals surface area contributed by atoms with E-state index in [1.165, 1.54) is 12.1 Å². The number of amides is 2. The lowest BCUT2D eigenvalue weighted by molar-refractivity contribution is -0.115. The van der Waals surface area contributed by atoms with Crippen molar-refractivity contribution in [2.24, 2.45) is 5.73 Å². The first-order chi connectivity index (χ1) is 11.0. The zero-order chi connectivity index (χ0) is 16.8. The van der Waals surface area contributed by atoms with Crippen LogP contribution in [0.2, 0.25) is 5.02 Å². The maximum absolute atomic E-state index is 11.9. The van der Waals surface area contributed by atoms with Crippen molar-refractivity contribution in [3.8, 4) is 0 Å². The summed E-state index contributed by atoms with van der Waals surface area (Å²) in [6.45, 7) is 0. The van der Waals surface area contributed by atoms with Gasteiger partial charge in [0.2, 0.25) is 11.8 Å². The summed E-state index contributed by atoms with van der Waals surface area (Å²) in [5.41, 5.74) is 5.95. The number of nitrogens with two attached hydrogens (primary N) is 1. The van der Waals surface area contributed by atoms with Crippen molar-refractivity contribution >= 4 is 56.8 Å². The molecule has 0 saturated heterocycles. The second kappa shape index (κ2) is 8.38. The molecule has 0 heterocycles. The Morgan fingerprint density at radius 2 is 1.96 bits per heavy atom. The molecule has 0 spiro atoms. The molecular formula is C16H14BrClN2O2S. The van der Waals surface area contributed by atoms with E-state index in [0.29, 0.717) is 17.9 Å². The Bertz CT molecular complexity index is 740. The van der Waals surface area contributed by atoms with E-state index in [0.717, 1.165) is 9.37 Å². The summed E-state index contributed by atoms with van der Waals surface area (Å²) in [6.07, 6.45) is 0.362. The Morgan fingerprint density at radius 1 is 1.22 bits per heavy atom. The van der Waals surface area contributed by atoms with Crippen LogP contribution in [0.4, 0.5) is 5.69 Å². The molecule has 2 aromatic rings. The zero-order valence-corrected chi connectivity index (χ0v) is 15.2. The fourth-order valence-electron chi connectivity index (χ4n) is 1.83. The number of carbonyl (C=O) groups is 2. The standard InChI is InChI=1S/C16H14BrClN2O2S/c17-12-3-1-2-4-14(12)23-8-7-15(21)20-10-5-6-11(16(19)22)13(18)9-10/h1-6,9H,7-8H2,(H2,19,22)(H,20,21). The van der Waals surface area contributed by atoms with Crippen molar-refractivity contribution in [2.45, 2.75) is 11.3 Å². The largest absolute Gasteiger partial charge is 0.366 e. The third-order valence-corrected chi connectivity index (χ3v) is 5.28. The van der Waals surface area contributed by atoms with Gasteiger partial charge in [0.25, 0.3) is 0 Å². The van der Waals surface area contributed by atoms with Crippen LogP contribution in [0.15, 0.2) is 51.8 Å². The topological polar surface area (TPSA) is 72.2 Å². The lowest BCUT2D eigenvalue weighted by atomic mass is 10.2. The summed E-state index contributed by atoms with van der Waals surface area (Å²) in [5, 5.41) is 2.97. The molecule has 120 valence electrons. The van der Waals surface area contributed by atoms with Crippen LogP contribution in [-0.2, 0) is 4.79 Å². The first kappa shape index (κ1) is 17.8. The van der Waals surface area contributed by atoms with Gasteiger partial charge in [-0.1, -0.05) is 23.7 Å². The predicted octanol–water partition coefficient (Wildman–Crippen LogP) is 4.32. The van der Waals surface area contributed by atoms with Gasteiger partial charge in [0.15, 0.2) is 0 Å². The quantitative estimate of drug-likeness (QED) is 0.693. The number of halogens is 2. The molecule has 0 atom stereocenters. The van der Waals surface area contributed by atoms with Gasteiger partial charge in [-0.2, -0.15) is 0 Å². The monoisotopic (exact) mass is 412 g/mol. The van der Waals surface area contributed by atoms with Crippen molar-refractivity contribution < 1.29 is 9.59 Å². The highest BCUT2D eigenvalue weighted by Crippen LogP contribution is 2.27. The molecule has 4 nitrogen and oxygen atoms in total. The lowest BCUT2D eigenvalue weighted by Gasteiger charge is -2.08. The van der Waals surface area contributed by atoms with Crippen LogP contribution < -0.4 is 11.1 Å². The van der Waals surface area contributed by atoms with Crippen LogP contribution >= 0.6 is 39.3 Å². The molecule has 0 aliphatic rings. The Labute approximate surface area is 151 Å². The lowest BCUT2D eigenvalue weighted by Crippen LogP contribution is -2.14. The summed E-state index contributed by atoms with van der Waals surface area (Å²) < 4.78 is 1.01. The number of primary amides is 1. The fraction of sp³-hybridized carbons (Fsp3) is 0.125. The SMILES string of the molecule is NC(=O)c1ccc(NC(=O)CCSc2ccccc2Br)cc1Cl. The summed E-state index contributed by atoms with van der Waals surface area (Å²) >= 11 is 11.0. The van der Waals surface area contributed by atoms with E-state index >= 15 is 0 Å². The number of carbonyl (C=O) groups excluding carboxylic acids is 2. The molecule has 0 saturated carbocycles. The number of hydrogen-bond acceptors (Lipinski definition) is 3. The van der Waals surface area contributed by atoms with E-state index in [4.69, 9.17) is 17.3 Å². The third kappa shape index (κ3) is 5.27. The summed E-state index contributed by atoms with van der Waals surface area (Å²) in [4.78, 5) is 24.1. The molecule has 2 rings (SSSR count). The molecule has 3 N–H and O–H groups in total. The van der Waals surface area contributed by atoms with E-state index in [1.807, 2.05) is 24.3 Å². The van der Waals surface area contributed by atoms with E-state index in [2.05, 4.69) is 21.2 Å². The van der Waals surface area contributed by atoms with Crippen molar-refractivity contribution in [3.63, 3.8) is 0 Å². The van der Waals surface area contributed by atoms with Crippen LogP contribution in [0, 0.1) is 0 Å². The van der Waals surface area contributed by atoms with Gasteiger partial charge < -0.3 is 11.1 Å². The molecule has 0 aromatic heterocycles. The second-order valence-electron chi connectivity index (χ2n) is 4.64. The number of nitrogens with one attached hydrogen (secondary N) is 1. The summed E-state index contributed by atoms with van der Waals surface area (Å²) in [5.74, 6) is -0.0631. The molecule has 0 aliphatic heterocycles. The molecule has 0 unspecified atom stereocenters. The molecule has 2 aromatic carbocycles. The summed E-state index contributed by atoms with van der Waals surface area (Å²) in [6, 6.07) is 12.5. The van der Waals surface area contributed by atoms with Gasteiger partial charge in [0.05, 0.1) is 10.6 Å². The third-order valence-electron chi connectivity index (χ3n) is 2.94. The van der Waals surface area contributed by atoms with Gasteiger partial charge in [-0.3, -0.25) is 9.59 Å².